The van der Waals surface area contributed by atoms with E-state index >= 15 is 0 Å². The van der Waals surface area contributed by atoms with Crippen molar-refractivity contribution in [1.82, 2.24) is 14.3 Å². The molecule has 0 radical (unpaired) electrons. The number of amides is 1. The van der Waals surface area contributed by atoms with E-state index in [2.05, 4.69) is 5.10 Å². The molecule has 47 heavy (non-hydrogen) atoms. The average molecular weight is 684 g/mol. The van der Waals surface area contributed by atoms with E-state index in [9.17, 15) is 67.1 Å². The first-order valence-electron chi connectivity index (χ1n) is 12.7. The number of para-hydroxylation sites is 1. The molecule has 4 rings (SSSR count). The Morgan fingerprint density at radius 2 is 1.19 bits per heavy atom. The summed E-state index contributed by atoms with van der Waals surface area (Å²) < 4.78 is 165. The van der Waals surface area contributed by atoms with Gasteiger partial charge in [0.05, 0.1) is 22.4 Å². The molecule has 0 aliphatic rings. The highest BCUT2D eigenvalue weighted by Crippen LogP contribution is 2.43. The van der Waals surface area contributed by atoms with Gasteiger partial charge in [-0.25, -0.2) is 4.68 Å². The number of hydrogen-bond acceptors (Lipinski definition) is 4. The van der Waals surface area contributed by atoms with Crippen molar-refractivity contribution in [3.05, 3.63) is 82.7 Å². The average Bonchev–Trinajstić information content (AvgIpc) is 3.44. The minimum Gasteiger partial charge on any atom is -0.317 e. The molecule has 1 N–H and O–H groups in total. The van der Waals surface area contributed by atoms with E-state index in [-0.39, 0.29) is 4.68 Å². The zero-order valence-electron chi connectivity index (χ0n) is 23.3. The molecular formula is C28H16F12N4O3. The molecule has 4 aromatic rings. The molecule has 1 amide bonds. The second kappa shape index (κ2) is 11.6. The molecular weight excluding hydrogens is 668 g/mol. The van der Waals surface area contributed by atoms with E-state index in [4.69, 9.17) is 0 Å². The minimum absolute atomic E-state index is 0.205. The maximum atomic E-state index is 14.0. The quantitative estimate of drug-likeness (QED) is 0.165. The van der Waals surface area contributed by atoms with Crippen LogP contribution in [-0.2, 0) is 11.0 Å². The number of carbonyl (C=O) groups is 3. The smallest absolute Gasteiger partial charge is 0.317 e. The van der Waals surface area contributed by atoms with Crippen molar-refractivity contribution in [2.24, 2.45) is 0 Å². The summed E-state index contributed by atoms with van der Waals surface area (Å²) in [5.74, 6) is -10.2. The van der Waals surface area contributed by atoms with Crippen LogP contribution in [0.3, 0.4) is 0 Å². The molecule has 2 aromatic carbocycles. The van der Waals surface area contributed by atoms with Crippen molar-refractivity contribution in [3.63, 3.8) is 0 Å². The first-order chi connectivity index (χ1) is 21.5. The van der Waals surface area contributed by atoms with E-state index in [1.54, 1.807) is 0 Å². The van der Waals surface area contributed by atoms with Crippen LogP contribution >= 0.6 is 0 Å². The Hall–Kier alpha value is -5.10. The van der Waals surface area contributed by atoms with Gasteiger partial charge in [0, 0.05) is 22.6 Å². The lowest BCUT2D eigenvalue weighted by Gasteiger charge is -2.14. The summed E-state index contributed by atoms with van der Waals surface area (Å²) in [5.41, 5.74) is -9.69. The number of alkyl halides is 12. The second-order valence-electron chi connectivity index (χ2n) is 9.73. The Morgan fingerprint density at radius 1 is 0.660 bits per heavy atom. The summed E-state index contributed by atoms with van der Waals surface area (Å²) in [4.78, 5) is 37.5. The van der Waals surface area contributed by atoms with Crippen LogP contribution in [0, 0.1) is 13.8 Å². The van der Waals surface area contributed by atoms with Gasteiger partial charge in [0.2, 0.25) is 0 Å². The summed E-state index contributed by atoms with van der Waals surface area (Å²) in [6.07, 6.45) is -22.5. The minimum atomic E-state index is -5.95. The molecule has 0 bridgehead atoms. The third-order valence-electron chi connectivity index (χ3n) is 6.66. The van der Waals surface area contributed by atoms with Crippen LogP contribution in [0.4, 0.5) is 58.5 Å². The van der Waals surface area contributed by atoms with E-state index in [0.717, 1.165) is 43.4 Å². The molecule has 19 heteroatoms. The number of ketones is 2. The lowest BCUT2D eigenvalue weighted by molar-refractivity contribution is -0.167. The van der Waals surface area contributed by atoms with E-state index in [1.165, 1.54) is 18.2 Å². The predicted octanol–water partition coefficient (Wildman–Crippen LogP) is 7.96. The van der Waals surface area contributed by atoms with Gasteiger partial charge in [0.15, 0.2) is 0 Å². The van der Waals surface area contributed by atoms with Crippen molar-refractivity contribution in [2.75, 3.05) is 5.32 Å². The van der Waals surface area contributed by atoms with Gasteiger partial charge in [0.25, 0.3) is 11.6 Å². The molecule has 0 unspecified atom stereocenters. The number of rotatable bonds is 6. The van der Waals surface area contributed by atoms with Gasteiger partial charge in [-0.1, -0.05) is 24.3 Å². The van der Waals surface area contributed by atoms with Gasteiger partial charge >= 0.3 is 30.6 Å². The second-order valence-corrected chi connectivity index (χ2v) is 9.73. The summed E-state index contributed by atoms with van der Waals surface area (Å²) in [6.45, 7) is 1.68. The zero-order chi connectivity index (χ0) is 35.4. The highest BCUT2D eigenvalue weighted by atomic mass is 19.4. The molecule has 0 aliphatic carbocycles. The first-order valence-corrected chi connectivity index (χ1v) is 12.7. The monoisotopic (exact) mass is 684 g/mol. The first kappa shape index (κ1) is 34.8. The predicted molar refractivity (Wildman–Crippen MR) is 138 cm³/mol. The molecule has 0 saturated heterocycles. The Morgan fingerprint density at radius 3 is 1.70 bits per heavy atom. The van der Waals surface area contributed by atoms with Crippen molar-refractivity contribution < 1.29 is 67.1 Å². The Bertz CT molecular complexity index is 1880. The van der Waals surface area contributed by atoms with Gasteiger partial charge < -0.3 is 9.88 Å². The number of hydrogen-bond donors (Lipinski definition) is 1. The number of halogens is 12. The number of nitrogens with zero attached hydrogens (tertiary/aromatic N) is 3. The number of carbonyl (C=O) groups excluding carboxylic acids is 3. The largest absolute Gasteiger partial charge is 0.471 e. The van der Waals surface area contributed by atoms with E-state index in [1.807, 2.05) is 0 Å². The summed E-state index contributed by atoms with van der Waals surface area (Å²) >= 11 is 0. The number of aromatic nitrogens is 3. The fourth-order valence-electron chi connectivity index (χ4n) is 4.75. The van der Waals surface area contributed by atoms with Gasteiger partial charge in [-0.05, 0) is 44.2 Å². The van der Waals surface area contributed by atoms with Gasteiger partial charge in [0.1, 0.15) is 11.5 Å². The Balaban J connectivity index is 2.22. The fraction of sp³-hybridized carbons (Fsp3) is 0.214. The molecule has 0 spiro atoms. The molecule has 2 aromatic heterocycles. The maximum Gasteiger partial charge on any atom is 0.471 e. The van der Waals surface area contributed by atoms with E-state index < -0.39 is 98.7 Å². The number of benzene rings is 2. The standard InChI is InChI=1S/C28H16F12N4O3/c1-12-17(18(21(45)26(32,33)34)13(2)43(12)16-10-6-7-14(11-16)25(29,30)31)20-19(22(46)27(35,36)37)23(41-24(47)28(38,39)40)44(42-20)15-8-4-3-5-9-15/h3-11H,1-2H3,(H,41,47). The normalized spacial score (nSPS) is 12.7. The third kappa shape index (κ3) is 6.59. The van der Waals surface area contributed by atoms with Crippen molar-refractivity contribution in [1.29, 1.82) is 0 Å². The number of anilines is 1. The molecule has 0 fully saturated rings. The lowest BCUT2D eigenvalue weighted by atomic mass is 9.97. The van der Waals surface area contributed by atoms with Crippen molar-refractivity contribution in [2.45, 2.75) is 38.6 Å². The summed E-state index contributed by atoms with van der Waals surface area (Å²) in [6, 6.07) is 8.67. The molecule has 0 atom stereocenters. The zero-order valence-corrected chi connectivity index (χ0v) is 23.3. The van der Waals surface area contributed by atoms with Gasteiger partial charge in [-0.15, -0.1) is 0 Å². The Kier molecular flexibility index (Phi) is 8.59. The molecule has 0 saturated carbocycles. The van der Waals surface area contributed by atoms with Crippen molar-refractivity contribution >= 4 is 23.3 Å². The third-order valence-corrected chi connectivity index (χ3v) is 6.66. The summed E-state index contributed by atoms with van der Waals surface area (Å²) in [7, 11) is 0. The van der Waals surface area contributed by atoms with Crippen LogP contribution < -0.4 is 5.32 Å². The SMILES string of the molecule is Cc1c(C(=O)C(F)(F)F)c(-c2nn(-c3ccccc3)c(NC(=O)C(F)(F)F)c2C(=O)C(F)(F)F)c(C)n1-c1cccc(C(F)(F)F)c1. The lowest BCUT2D eigenvalue weighted by Crippen LogP contribution is -2.32. The topological polar surface area (TPSA) is 86.0 Å². The van der Waals surface area contributed by atoms with Crippen LogP contribution in [0.15, 0.2) is 54.6 Å². The maximum absolute atomic E-state index is 14.0. The van der Waals surface area contributed by atoms with Gasteiger partial charge in [-0.3, -0.25) is 14.4 Å². The van der Waals surface area contributed by atoms with Gasteiger partial charge in [-0.2, -0.15) is 57.8 Å². The highest BCUT2D eigenvalue weighted by molar-refractivity contribution is 6.15. The van der Waals surface area contributed by atoms with Crippen LogP contribution in [0.2, 0.25) is 0 Å². The van der Waals surface area contributed by atoms with Crippen molar-refractivity contribution in [3.8, 4) is 22.6 Å². The van der Waals surface area contributed by atoms with Crippen LogP contribution in [0.5, 0.6) is 0 Å². The molecule has 0 aliphatic heterocycles. The van der Waals surface area contributed by atoms with Crippen LogP contribution in [-0.4, -0.2) is 50.4 Å². The van der Waals surface area contributed by atoms with E-state index in [0.29, 0.717) is 16.7 Å². The molecule has 250 valence electrons. The summed E-state index contributed by atoms with van der Waals surface area (Å²) in [5, 5.41) is 4.83. The molecule has 2 heterocycles. The highest BCUT2D eigenvalue weighted by Gasteiger charge is 2.49. The molecule has 7 nitrogen and oxygen atoms in total. The fourth-order valence-corrected chi connectivity index (χ4v) is 4.75. The Labute approximate surface area is 254 Å². The number of Topliss-reactive ketones (excluding diaryl/α,β-unsaturated/α-hetero) is 2. The number of nitrogens with one attached hydrogen (secondary N) is 1. The van der Waals surface area contributed by atoms with Crippen LogP contribution in [0.1, 0.15) is 37.7 Å². The van der Waals surface area contributed by atoms with Crippen LogP contribution in [0.25, 0.3) is 22.6 Å².